The predicted octanol–water partition coefficient (Wildman–Crippen LogP) is 0.392. The highest BCUT2D eigenvalue weighted by Crippen LogP contribution is 2.29. The van der Waals surface area contributed by atoms with Crippen LogP contribution in [-0.4, -0.2) is 30.9 Å². The van der Waals surface area contributed by atoms with E-state index in [0.717, 1.165) is 25.7 Å². The highest BCUT2D eigenvalue weighted by molar-refractivity contribution is 5.78. The highest BCUT2D eigenvalue weighted by Gasteiger charge is 2.28. The lowest BCUT2D eigenvalue weighted by molar-refractivity contribution is -0.126. The van der Waals surface area contributed by atoms with Gasteiger partial charge in [0.15, 0.2) is 0 Å². The van der Waals surface area contributed by atoms with Crippen LogP contribution in [-0.2, 0) is 9.59 Å². The fourth-order valence-corrected chi connectivity index (χ4v) is 2.52. The Morgan fingerprint density at radius 2 is 1.94 bits per heavy atom. The third kappa shape index (κ3) is 5.04. The summed E-state index contributed by atoms with van der Waals surface area (Å²) in [5.74, 6) is 0.401. The zero-order valence-electron chi connectivity index (χ0n) is 11.4. The number of hydrogen-bond acceptors (Lipinski definition) is 3. The van der Waals surface area contributed by atoms with E-state index in [1.807, 2.05) is 6.92 Å². The minimum atomic E-state index is -0.0736. The van der Waals surface area contributed by atoms with Gasteiger partial charge in [0.1, 0.15) is 0 Å². The average Bonchev–Trinajstić information content (AvgIpc) is 2.33. The molecule has 1 aliphatic rings. The van der Waals surface area contributed by atoms with Crippen LogP contribution in [0.1, 0.15) is 39.5 Å². The summed E-state index contributed by atoms with van der Waals surface area (Å²) >= 11 is 0. The molecule has 5 nitrogen and oxygen atoms in total. The second-order valence-electron chi connectivity index (χ2n) is 5.25. The van der Waals surface area contributed by atoms with Crippen molar-refractivity contribution in [1.29, 1.82) is 0 Å². The van der Waals surface area contributed by atoms with Gasteiger partial charge in [0.25, 0.3) is 0 Å². The first-order chi connectivity index (χ1) is 8.50. The molecule has 0 heterocycles. The lowest BCUT2D eigenvalue weighted by atomic mass is 9.78. The standard InChI is InChI=1S/C13H25N3O2/c1-9(11-4-3-5-12(14)8-11)13(18)16-7-6-15-10(2)17/h9,11-12H,3-8,14H2,1-2H3,(H,15,17)(H,16,18). The summed E-state index contributed by atoms with van der Waals surface area (Å²) in [5, 5.41) is 5.51. The summed E-state index contributed by atoms with van der Waals surface area (Å²) in [6.07, 6.45) is 4.23. The molecular formula is C13H25N3O2. The van der Waals surface area contributed by atoms with Crippen LogP contribution in [0.4, 0.5) is 0 Å². The van der Waals surface area contributed by atoms with Crippen molar-refractivity contribution in [3.05, 3.63) is 0 Å². The number of amides is 2. The molecule has 0 aromatic heterocycles. The van der Waals surface area contributed by atoms with Crippen LogP contribution in [0.25, 0.3) is 0 Å². The minimum Gasteiger partial charge on any atom is -0.355 e. The van der Waals surface area contributed by atoms with Crippen LogP contribution in [0.15, 0.2) is 0 Å². The van der Waals surface area contributed by atoms with Crippen LogP contribution in [0.5, 0.6) is 0 Å². The summed E-state index contributed by atoms with van der Waals surface area (Å²) in [6.45, 7) is 4.41. The van der Waals surface area contributed by atoms with Gasteiger partial charge in [-0.05, 0) is 25.2 Å². The topological polar surface area (TPSA) is 84.2 Å². The van der Waals surface area contributed by atoms with Crippen LogP contribution in [0.2, 0.25) is 0 Å². The summed E-state index contributed by atoms with van der Waals surface area (Å²) in [4.78, 5) is 22.6. The first-order valence-electron chi connectivity index (χ1n) is 6.78. The molecule has 104 valence electrons. The number of carbonyl (C=O) groups is 2. The number of hydrogen-bond donors (Lipinski definition) is 3. The Labute approximate surface area is 109 Å². The molecule has 18 heavy (non-hydrogen) atoms. The molecule has 5 heteroatoms. The smallest absolute Gasteiger partial charge is 0.223 e. The van der Waals surface area contributed by atoms with E-state index in [4.69, 9.17) is 5.73 Å². The molecule has 0 aromatic carbocycles. The third-order valence-corrected chi connectivity index (χ3v) is 3.67. The second-order valence-corrected chi connectivity index (χ2v) is 5.25. The maximum atomic E-state index is 11.9. The molecule has 0 aliphatic heterocycles. The molecule has 0 spiro atoms. The molecule has 1 fully saturated rings. The molecule has 4 N–H and O–H groups in total. The molecule has 0 radical (unpaired) electrons. The molecule has 0 saturated heterocycles. The largest absolute Gasteiger partial charge is 0.355 e. The fourth-order valence-electron chi connectivity index (χ4n) is 2.52. The summed E-state index contributed by atoms with van der Waals surface area (Å²) in [6, 6.07) is 0.248. The van der Waals surface area contributed by atoms with Gasteiger partial charge >= 0.3 is 0 Å². The van der Waals surface area contributed by atoms with E-state index in [1.165, 1.54) is 6.92 Å². The number of carbonyl (C=O) groups excluding carboxylic acids is 2. The Bertz CT molecular complexity index is 294. The quantitative estimate of drug-likeness (QED) is 0.621. The molecule has 1 saturated carbocycles. The summed E-state index contributed by atoms with van der Waals surface area (Å²) < 4.78 is 0. The maximum absolute atomic E-state index is 11.9. The highest BCUT2D eigenvalue weighted by atomic mass is 16.2. The van der Waals surface area contributed by atoms with E-state index < -0.39 is 0 Å². The SMILES string of the molecule is CC(=O)NCCNC(=O)C(C)C1CCCC(N)C1. The van der Waals surface area contributed by atoms with Gasteiger partial charge in [-0.15, -0.1) is 0 Å². The van der Waals surface area contributed by atoms with Crippen molar-refractivity contribution in [3.8, 4) is 0 Å². The zero-order valence-corrected chi connectivity index (χ0v) is 11.4. The van der Waals surface area contributed by atoms with Crippen molar-refractivity contribution >= 4 is 11.8 Å². The van der Waals surface area contributed by atoms with Gasteiger partial charge in [0.2, 0.25) is 11.8 Å². The Kier molecular flexibility index (Phi) is 6.12. The van der Waals surface area contributed by atoms with E-state index >= 15 is 0 Å². The van der Waals surface area contributed by atoms with E-state index in [1.54, 1.807) is 0 Å². The second kappa shape index (κ2) is 7.36. The molecule has 3 atom stereocenters. The van der Waals surface area contributed by atoms with Gasteiger partial charge < -0.3 is 16.4 Å². The molecule has 2 amide bonds. The Morgan fingerprint density at radius 1 is 1.28 bits per heavy atom. The van der Waals surface area contributed by atoms with E-state index in [-0.39, 0.29) is 23.8 Å². The van der Waals surface area contributed by atoms with Crippen LogP contribution < -0.4 is 16.4 Å². The van der Waals surface area contributed by atoms with Crippen molar-refractivity contribution < 1.29 is 9.59 Å². The normalized spacial score (nSPS) is 25.3. The van der Waals surface area contributed by atoms with Crippen LogP contribution >= 0.6 is 0 Å². The first kappa shape index (κ1) is 15.0. The Hall–Kier alpha value is -1.10. The van der Waals surface area contributed by atoms with Gasteiger partial charge in [-0.1, -0.05) is 13.3 Å². The van der Waals surface area contributed by atoms with Gasteiger partial charge in [-0.2, -0.15) is 0 Å². The Morgan fingerprint density at radius 3 is 2.56 bits per heavy atom. The molecule has 3 unspecified atom stereocenters. The fraction of sp³-hybridized carbons (Fsp3) is 0.846. The molecular weight excluding hydrogens is 230 g/mol. The van der Waals surface area contributed by atoms with Gasteiger partial charge in [0.05, 0.1) is 0 Å². The number of nitrogens with two attached hydrogens (primary N) is 1. The van der Waals surface area contributed by atoms with Gasteiger partial charge in [-0.25, -0.2) is 0 Å². The van der Waals surface area contributed by atoms with E-state index in [9.17, 15) is 9.59 Å². The average molecular weight is 255 g/mol. The van der Waals surface area contributed by atoms with Crippen molar-refractivity contribution in [2.75, 3.05) is 13.1 Å². The van der Waals surface area contributed by atoms with Crippen molar-refractivity contribution in [2.45, 2.75) is 45.6 Å². The minimum absolute atomic E-state index is 0.00804. The Balaban J connectivity index is 2.25. The first-order valence-corrected chi connectivity index (χ1v) is 6.78. The molecule has 0 aromatic rings. The molecule has 1 aliphatic carbocycles. The molecule has 0 bridgehead atoms. The molecule has 1 rings (SSSR count). The van der Waals surface area contributed by atoms with Gasteiger partial charge in [0, 0.05) is 32.0 Å². The summed E-state index contributed by atoms with van der Waals surface area (Å²) in [5.41, 5.74) is 5.94. The maximum Gasteiger partial charge on any atom is 0.223 e. The number of rotatable bonds is 5. The zero-order chi connectivity index (χ0) is 13.5. The monoisotopic (exact) mass is 255 g/mol. The lowest BCUT2D eigenvalue weighted by Gasteiger charge is -2.30. The number of nitrogens with one attached hydrogen (secondary N) is 2. The predicted molar refractivity (Wildman–Crippen MR) is 70.8 cm³/mol. The lowest BCUT2D eigenvalue weighted by Crippen LogP contribution is -2.40. The van der Waals surface area contributed by atoms with Crippen molar-refractivity contribution in [3.63, 3.8) is 0 Å². The summed E-state index contributed by atoms with van der Waals surface area (Å²) in [7, 11) is 0. The van der Waals surface area contributed by atoms with E-state index in [2.05, 4.69) is 10.6 Å². The third-order valence-electron chi connectivity index (χ3n) is 3.67. The van der Waals surface area contributed by atoms with Crippen molar-refractivity contribution in [2.24, 2.45) is 17.6 Å². The van der Waals surface area contributed by atoms with Crippen LogP contribution in [0.3, 0.4) is 0 Å². The van der Waals surface area contributed by atoms with E-state index in [0.29, 0.717) is 19.0 Å². The van der Waals surface area contributed by atoms with Gasteiger partial charge in [-0.3, -0.25) is 9.59 Å². The van der Waals surface area contributed by atoms with Crippen molar-refractivity contribution in [1.82, 2.24) is 10.6 Å². The van der Waals surface area contributed by atoms with Crippen LogP contribution in [0, 0.1) is 11.8 Å².